The summed E-state index contributed by atoms with van der Waals surface area (Å²) < 4.78 is 0. The molecule has 20 heavy (non-hydrogen) atoms. The van der Waals surface area contributed by atoms with Crippen LogP contribution in [0.25, 0.3) is 0 Å². The Labute approximate surface area is 121 Å². The fourth-order valence-corrected chi connectivity index (χ4v) is 2.57. The number of amides is 2. The van der Waals surface area contributed by atoms with Gasteiger partial charge in [-0.2, -0.15) is 5.26 Å². The van der Waals surface area contributed by atoms with Crippen molar-refractivity contribution < 1.29 is 9.59 Å². The van der Waals surface area contributed by atoms with E-state index in [0.29, 0.717) is 19.4 Å². The number of carbonyl (C=O) groups is 2. The van der Waals surface area contributed by atoms with Crippen LogP contribution in [0.5, 0.6) is 0 Å². The summed E-state index contributed by atoms with van der Waals surface area (Å²) >= 11 is 0. The molecule has 112 valence electrons. The Bertz CT molecular complexity index is 377. The van der Waals surface area contributed by atoms with Crippen LogP contribution < -0.4 is 10.6 Å². The number of hydrogen-bond donors (Lipinski definition) is 2. The average Bonchev–Trinajstić information content (AvgIpc) is 2.63. The summed E-state index contributed by atoms with van der Waals surface area (Å²) in [6, 6.07) is 2.32. The predicted octanol–water partition coefficient (Wildman–Crippen LogP) is 1.88. The minimum absolute atomic E-state index is 0.0767. The van der Waals surface area contributed by atoms with E-state index < -0.39 is 5.41 Å². The van der Waals surface area contributed by atoms with Crippen LogP contribution in [0.15, 0.2) is 0 Å². The van der Waals surface area contributed by atoms with Gasteiger partial charge in [0.15, 0.2) is 0 Å². The molecule has 1 fully saturated rings. The average molecular weight is 279 g/mol. The van der Waals surface area contributed by atoms with Crippen LogP contribution in [0.3, 0.4) is 0 Å². The van der Waals surface area contributed by atoms with Crippen molar-refractivity contribution in [3.63, 3.8) is 0 Å². The van der Waals surface area contributed by atoms with Crippen LogP contribution >= 0.6 is 0 Å². The molecule has 0 aromatic heterocycles. The van der Waals surface area contributed by atoms with E-state index in [-0.39, 0.29) is 24.3 Å². The molecule has 1 rings (SSSR count). The molecule has 2 amide bonds. The van der Waals surface area contributed by atoms with Crippen LogP contribution in [-0.4, -0.2) is 24.4 Å². The first kappa shape index (κ1) is 16.5. The van der Waals surface area contributed by atoms with Gasteiger partial charge >= 0.3 is 0 Å². The van der Waals surface area contributed by atoms with E-state index in [1.807, 2.05) is 13.8 Å². The van der Waals surface area contributed by atoms with Gasteiger partial charge in [-0.3, -0.25) is 9.59 Å². The van der Waals surface area contributed by atoms with Crippen molar-refractivity contribution in [3.05, 3.63) is 0 Å². The molecular formula is C15H25N3O2. The molecule has 0 saturated heterocycles. The third-order valence-corrected chi connectivity index (χ3v) is 3.69. The van der Waals surface area contributed by atoms with Crippen LogP contribution in [0.1, 0.15) is 58.8 Å². The summed E-state index contributed by atoms with van der Waals surface area (Å²) in [5.41, 5.74) is -0.884. The molecule has 0 atom stereocenters. The van der Waals surface area contributed by atoms with Gasteiger partial charge in [-0.25, -0.2) is 0 Å². The summed E-state index contributed by atoms with van der Waals surface area (Å²) in [6.07, 6.45) is 5.55. The highest BCUT2D eigenvalue weighted by atomic mass is 16.2. The molecule has 1 aliphatic rings. The van der Waals surface area contributed by atoms with Crippen LogP contribution in [0.4, 0.5) is 0 Å². The molecule has 0 radical (unpaired) electrons. The fraction of sp³-hybridized carbons (Fsp3) is 0.800. The van der Waals surface area contributed by atoms with E-state index in [0.717, 1.165) is 25.7 Å². The molecule has 0 bridgehead atoms. The maximum absolute atomic E-state index is 12.2. The lowest BCUT2D eigenvalue weighted by Crippen LogP contribution is -2.41. The first-order valence-electron chi connectivity index (χ1n) is 7.49. The minimum atomic E-state index is -0.884. The first-order chi connectivity index (χ1) is 9.50. The topological polar surface area (TPSA) is 82.0 Å². The maximum atomic E-state index is 12.2. The van der Waals surface area contributed by atoms with Crippen molar-refractivity contribution in [1.29, 1.82) is 5.26 Å². The van der Waals surface area contributed by atoms with Gasteiger partial charge in [0.1, 0.15) is 5.41 Å². The van der Waals surface area contributed by atoms with E-state index in [1.54, 1.807) is 0 Å². The molecule has 2 N–H and O–H groups in total. The fourth-order valence-electron chi connectivity index (χ4n) is 2.57. The van der Waals surface area contributed by atoms with Crippen molar-refractivity contribution in [2.75, 3.05) is 6.54 Å². The third kappa shape index (κ3) is 4.84. The zero-order chi connectivity index (χ0) is 15.0. The van der Waals surface area contributed by atoms with Crippen LogP contribution in [-0.2, 0) is 9.59 Å². The smallest absolute Gasteiger partial charge is 0.240 e. The number of nitrogens with one attached hydrogen (secondary N) is 2. The van der Waals surface area contributed by atoms with E-state index >= 15 is 0 Å². The number of nitrogens with zero attached hydrogens (tertiary/aromatic N) is 1. The summed E-state index contributed by atoms with van der Waals surface area (Å²) in [5, 5.41) is 14.9. The van der Waals surface area contributed by atoms with Gasteiger partial charge in [-0.1, -0.05) is 25.7 Å². The van der Waals surface area contributed by atoms with E-state index in [9.17, 15) is 14.9 Å². The molecule has 5 nitrogen and oxygen atoms in total. The minimum Gasteiger partial charge on any atom is -0.354 e. The molecule has 0 spiro atoms. The largest absolute Gasteiger partial charge is 0.354 e. The summed E-state index contributed by atoms with van der Waals surface area (Å²) in [5.74, 6) is -0.286. The zero-order valence-corrected chi connectivity index (χ0v) is 12.5. The van der Waals surface area contributed by atoms with Crippen molar-refractivity contribution in [2.45, 2.75) is 64.8 Å². The number of carbonyl (C=O) groups excluding carboxylic acids is 2. The van der Waals surface area contributed by atoms with Crippen molar-refractivity contribution in [3.8, 4) is 6.07 Å². The van der Waals surface area contributed by atoms with Gasteiger partial charge in [0.2, 0.25) is 11.8 Å². The Kier molecular flexibility index (Phi) is 6.50. The van der Waals surface area contributed by atoms with E-state index in [1.165, 1.54) is 0 Å². The first-order valence-corrected chi connectivity index (χ1v) is 7.49. The summed E-state index contributed by atoms with van der Waals surface area (Å²) in [6.45, 7) is 4.08. The highest BCUT2D eigenvalue weighted by Gasteiger charge is 2.38. The molecular weight excluding hydrogens is 254 g/mol. The highest BCUT2D eigenvalue weighted by Crippen LogP contribution is 2.34. The van der Waals surface area contributed by atoms with E-state index in [4.69, 9.17) is 0 Å². The highest BCUT2D eigenvalue weighted by molar-refractivity contribution is 5.86. The monoisotopic (exact) mass is 279 g/mol. The molecule has 0 unspecified atom stereocenters. The Morgan fingerprint density at radius 1 is 1.20 bits per heavy atom. The quantitative estimate of drug-likeness (QED) is 0.754. The van der Waals surface area contributed by atoms with Crippen molar-refractivity contribution in [1.82, 2.24) is 10.6 Å². The lowest BCUT2D eigenvalue weighted by molar-refractivity contribution is -0.129. The van der Waals surface area contributed by atoms with Crippen molar-refractivity contribution in [2.24, 2.45) is 5.41 Å². The van der Waals surface area contributed by atoms with Gasteiger partial charge in [0.25, 0.3) is 0 Å². The molecule has 1 saturated carbocycles. The van der Waals surface area contributed by atoms with Crippen LogP contribution in [0.2, 0.25) is 0 Å². The Morgan fingerprint density at radius 2 is 1.80 bits per heavy atom. The number of rotatable bonds is 5. The van der Waals surface area contributed by atoms with Crippen molar-refractivity contribution >= 4 is 11.8 Å². The Morgan fingerprint density at radius 3 is 2.30 bits per heavy atom. The van der Waals surface area contributed by atoms with Crippen LogP contribution in [0, 0.1) is 16.7 Å². The summed E-state index contributed by atoms with van der Waals surface area (Å²) in [7, 11) is 0. The van der Waals surface area contributed by atoms with Gasteiger partial charge in [0.05, 0.1) is 6.07 Å². The normalized spacial score (nSPS) is 17.9. The van der Waals surface area contributed by atoms with E-state index in [2.05, 4.69) is 16.7 Å². The standard InChI is InChI=1S/C15H25N3O2/c1-12(2)18-13(19)7-10-17-14(20)15(11-16)8-5-3-4-6-9-15/h12H,3-10H2,1-2H3,(H,17,20)(H,18,19). The van der Waals surface area contributed by atoms with Gasteiger partial charge in [0, 0.05) is 19.0 Å². The molecule has 1 aliphatic carbocycles. The SMILES string of the molecule is CC(C)NC(=O)CCNC(=O)C1(C#N)CCCCCC1. The predicted molar refractivity (Wildman–Crippen MR) is 76.7 cm³/mol. The second kappa shape index (κ2) is 7.88. The van der Waals surface area contributed by atoms with Gasteiger partial charge < -0.3 is 10.6 Å². The van der Waals surface area contributed by atoms with Gasteiger partial charge in [-0.05, 0) is 26.7 Å². The number of hydrogen-bond acceptors (Lipinski definition) is 3. The molecule has 0 aromatic carbocycles. The second-order valence-electron chi connectivity index (χ2n) is 5.84. The lowest BCUT2D eigenvalue weighted by Gasteiger charge is -2.23. The second-order valence-corrected chi connectivity index (χ2v) is 5.84. The summed E-state index contributed by atoms with van der Waals surface area (Å²) in [4.78, 5) is 23.7. The lowest BCUT2D eigenvalue weighted by atomic mass is 9.81. The number of nitriles is 1. The molecule has 5 heteroatoms. The van der Waals surface area contributed by atoms with Gasteiger partial charge in [-0.15, -0.1) is 0 Å². The molecule has 0 aliphatic heterocycles. The third-order valence-electron chi connectivity index (χ3n) is 3.69. The Hall–Kier alpha value is -1.57. The Balaban J connectivity index is 2.44. The molecule has 0 heterocycles. The zero-order valence-electron chi connectivity index (χ0n) is 12.5. The molecule has 0 aromatic rings. The maximum Gasteiger partial charge on any atom is 0.240 e.